The van der Waals surface area contributed by atoms with E-state index in [2.05, 4.69) is 57.1 Å². The van der Waals surface area contributed by atoms with E-state index in [0.717, 1.165) is 0 Å². The van der Waals surface area contributed by atoms with Gasteiger partial charge in [0.2, 0.25) is 0 Å². The SMILES string of the molecule is CCC[N+](CCC)(CCC)CCc1c[nH]c2c(C)cccc12.[I-]. The van der Waals surface area contributed by atoms with Gasteiger partial charge in [0.15, 0.2) is 0 Å². The van der Waals surface area contributed by atoms with E-state index in [1.54, 1.807) is 0 Å². The predicted molar refractivity (Wildman–Crippen MR) is 97.3 cm³/mol. The Labute approximate surface area is 159 Å². The van der Waals surface area contributed by atoms with E-state index in [1.165, 1.54) is 78.4 Å². The Kier molecular flexibility index (Phi) is 8.62. The van der Waals surface area contributed by atoms with E-state index in [1.807, 2.05) is 0 Å². The highest BCUT2D eigenvalue weighted by atomic mass is 127. The molecule has 2 nitrogen and oxygen atoms in total. The quantitative estimate of drug-likeness (QED) is 0.465. The van der Waals surface area contributed by atoms with Crippen LogP contribution in [0.4, 0.5) is 0 Å². The molecular weight excluding hydrogens is 395 g/mol. The number of aryl methyl sites for hydroxylation is 1. The van der Waals surface area contributed by atoms with Gasteiger partial charge < -0.3 is 33.4 Å². The van der Waals surface area contributed by atoms with E-state index in [9.17, 15) is 0 Å². The summed E-state index contributed by atoms with van der Waals surface area (Å²) >= 11 is 0. The summed E-state index contributed by atoms with van der Waals surface area (Å²) in [4.78, 5) is 3.48. The van der Waals surface area contributed by atoms with E-state index in [4.69, 9.17) is 0 Å². The molecule has 0 saturated carbocycles. The molecule has 0 saturated heterocycles. The molecule has 23 heavy (non-hydrogen) atoms. The zero-order valence-corrected chi connectivity index (χ0v) is 17.4. The standard InChI is InChI=1S/C20H33N2.HI/c1-5-12-22(13-6-2,14-7-3)15-11-18-16-21-20-17(4)9-8-10-19(18)20;/h8-10,16,21H,5-7,11-15H2,1-4H3;1H/q+1;/p-1. The number of quaternary nitrogens is 1. The van der Waals surface area contributed by atoms with Gasteiger partial charge in [-0.1, -0.05) is 39.0 Å². The molecule has 0 aliphatic heterocycles. The van der Waals surface area contributed by atoms with E-state index in [0.29, 0.717) is 0 Å². The lowest BCUT2D eigenvalue weighted by atomic mass is 10.1. The summed E-state index contributed by atoms with van der Waals surface area (Å²) in [5, 5.41) is 1.42. The fourth-order valence-corrected chi connectivity index (χ4v) is 4.02. The minimum absolute atomic E-state index is 0. The van der Waals surface area contributed by atoms with Crippen molar-refractivity contribution in [2.24, 2.45) is 0 Å². The Morgan fingerprint density at radius 1 is 0.913 bits per heavy atom. The molecule has 0 unspecified atom stereocenters. The van der Waals surface area contributed by atoms with Crippen LogP contribution in [0.25, 0.3) is 10.9 Å². The van der Waals surface area contributed by atoms with Gasteiger partial charge >= 0.3 is 0 Å². The van der Waals surface area contributed by atoms with Crippen molar-refractivity contribution in [1.29, 1.82) is 0 Å². The lowest BCUT2D eigenvalue weighted by Gasteiger charge is -2.38. The summed E-state index contributed by atoms with van der Waals surface area (Å²) < 4.78 is 1.29. The van der Waals surface area contributed by atoms with E-state index in [-0.39, 0.29) is 24.0 Å². The number of para-hydroxylation sites is 1. The molecule has 2 aromatic rings. The number of fused-ring (bicyclic) bond motifs is 1. The number of rotatable bonds is 9. The van der Waals surface area contributed by atoms with E-state index < -0.39 is 0 Å². The summed E-state index contributed by atoms with van der Waals surface area (Å²) in [6.45, 7) is 14.4. The van der Waals surface area contributed by atoms with Crippen LogP contribution in [0.1, 0.15) is 51.2 Å². The summed E-state index contributed by atoms with van der Waals surface area (Å²) in [6, 6.07) is 6.64. The molecule has 2 rings (SSSR count). The molecule has 1 aromatic carbocycles. The van der Waals surface area contributed by atoms with Crippen LogP contribution in [0.15, 0.2) is 24.4 Å². The van der Waals surface area contributed by atoms with Crippen LogP contribution < -0.4 is 24.0 Å². The van der Waals surface area contributed by atoms with Crippen LogP contribution in [0.5, 0.6) is 0 Å². The molecule has 3 heteroatoms. The minimum atomic E-state index is 0. The minimum Gasteiger partial charge on any atom is -1.00 e. The first-order chi connectivity index (χ1) is 10.7. The third-order valence-electron chi connectivity index (χ3n) is 4.96. The first-order valence-electron chi connectivity index (χ1n) is 9.06. The second kappa shape index (κ2) is 9.67. The number of hydrogen-bond acceptors (Lipinski definition) is 0. The van der Waals surface area contributed by atoms with E-state index >= 15 is 0 Å². The maximum absolute atomic E-state index is 3.48. The van der Waals surface area contributed by atoms with Gasteiger partial charge in [-0.15, -0.1) is 0 Å². The smallest absolute Gasteiger partial charge is 0.0828 e. The number of halogens is 1. The van der Waals surface area contributed by atoms with Crippen LogP contribution in [-0.2, 0) is 6.42 Å². The maximum Gasteiger partial charge on any atom is 0.0828 e. The van der Waals surface area contributed by atoms with Crippen LogP contribution in [0.2, 0.25) is 0 Å². The lowest BCUT2D eigenvalue weighted by molar-refractivity contribution is -0.928. The number of benzene rings is 1. The molecule has 0 bridgehead atoms. The molecule has 0 aliphatic rings. The Bertz CT molecular complexity index is 571. The van der Waals surface area contributed by atoms with Gasteiger partial charge in [-0.05, 0) is 37.3 Å². The van der Waals surface area contributed by atoms with Crippen LogP contribution in [0.3, 0.4) is 0 Å². The summed E-state index contributed by atoms with van der Waals surface area (Å²) in [7, 11) is 0. The molecule has 0 atom stereocenters. The average Bonchev–Trinajstić information content (AvgIpc) is 2.91. The predicted octanol–water partition coefficient (Wildman–Crippen LogP) is 2.07. The summed E-state index contributed by atoms with van der Waals surface area (Å²) in [5.74, 6) is 0. The van der Waals surface area contributed by atoms with Crippen LogP contribution >= 0.6 is 0 Å². The molecule has 1 aromatic heterocycles. The molecular formula is C20H33IN2. The van der Waals surface area contributed by atoms with Gasteiger partial charge in [0, 0.05) is 23.5 Å². The average molecular weight is 428 g/mol. The van der Waals surface area contributed by atoms with Crippen molar-refractivity contribution in [3.05, 3.63) is 35.5 Å². The second-order valence-electron chi connectivity index (χ2n) is 6.80. The highest BCUT2D eigenvalue weighted by Gasteiger charge is 2.24. The highest BCUT2D eigenvalue weighted by molar-refractivity contribution is 5.85. The largest absolute Gasteiger partial charge is 1.00 e. The van der Waals surface area contributed by atoms with Crippen molar-refractivity contribution in [2.75, 3.05) is 26.2 Å². The third kappa shape index (κ3) is 4.96. The molecule has 130 valence electrons. The van der Waals surface area contributed by atoms with Gasteiger partial charge in [-0.2, -0.15) is 0 Å². The normalized spacial score (nSPS) is 11.7. The van der Waals surface area contributed by atoms with Crippen molar-refractivity contribution >= 4 is 10.9 Å². The zero-order chi connectivity index (χ0) is 16.0. The van der Waals surface area contributed by atoms with Crippen molar-refractivity contribution in [2.45, 2.75) is 53.4 Å². The molecule has 1 heterocycles. The van der Waals surface area contributed by atoms with Gasteiger partial charge in [-0.3, -0.25) is 0 Å². The Morgan fingerprint density at radius 2 is 1.52 bits per heavy atom. The maximum atomic E-state index is 3.48. The summed E-state index contributed by atoms with van der Waals surface area (Å²) in [6.07, 6.45) is 7.27. The fraction of sp³-hybridized carbons (Fsp3) is 0.600. The molecule has 0 amide bonds. The number of nitrogens with zero attached hydrogens (tertiary/aromatic N) is 1. The third-order valence-corrected chi connectivity index (χ3v) is 4.96. The van der Waals surface area contributed by atoms with Crippen LogP contribution in [-0.4, -0.2) is 35.6 Å². The number of nitrogens with one attached hydrogen (secondary N) is 1. The fourth-order valence-electron chi connectivity index (χ4n) is 4.02. The zero-order valence-electron chi connectivity index (χ0n) is 15.3. The van der Waals surface area contributed by atoms with Gasteiger partial charge in [0.25, 0.3) is 0 Å². The Balaban J connectivity index is 0.00000264. The number of hydrogen-bond donors (Lipinski definition) is 1. The Hall–Kier alpha value is -0.550. The summed E-state index contributed by atoms with van der Waals surface area (Å²) in [5.41, 5.74) is 4.15. The molecule has 0 aliphatic carbocycles. The first kappa shape index (κ1) is 20.5. The van der Waals surface area contributed by atoms with Crippen molar-refractivity contribution in [3.63, 3.8) is 0 Å². The second-order valence-corrected chi connectivity index (χ2v) is 6.80. The molecule has 0 fully saturated rings. The molecule has 0 radical (unpaired) electrons. The number of aromatic nitrogens is 1. The number of H-pyrrole nitrogens is 1. The monoisotopic (exact) mass is 428 g/mol. The Morgan fingerprint density at radius 3 is 2.09 bits per heavy atom. The van der Waals surface area contributed by atoms with Gasteiger partial charge in [0.1, 0.15) is 0 Å². The first-order valence-corrected chi connectivity index (χ1v) is 9.06. The number of aromatic amines is 1. The van der Waals surface area contributed by atoms with Crippen molar-refractivity contribution < 1.29 is 28.5 Å². The van der Waals surface area contributed by atoms with Crippen molar-refractivity contribution in [3.8, 4) is 0 Å². The highest BCUT2D eigenvalue weighted by Crippen LogP contribution is 2.23. The van der Waals surface area contributed by atoms with Gasteiger partial charge in [0.05, 0.1) is 26.2 Å². The lowest BCUT2D eigenvalue weighted by Crippen LogP contribution is -3.00. The molecule has 1 N–H and O–H groups in total. The van der Waals surface area contributed by atoms with Gasteiger partial charge in [-0.25, -0.2) is 0 Å². The van der Waals surface area contributed by atoms with Crippen LogP contribution in [0, 0.1) is 6.92 Å². The topological polar surface area (TPSA) is 15.8 Å². The van der Waals surface area contributed by atoms with Crippen molar-refractivity contribution in [1.82, 2.24) is 4.98 Å². The molecule has 0 spiro atoms.